The molecular formula is C26H33ClN2O6S. The van der Waals surface area contributed by atoms with E-state index < -0.39 is 38.7 Å². The fourth-order valence-electron chi connectivity index (χ4n) is 3.99. The highest BCUT2D eigenvalue weighted by molar-refractivity contribution is 7.91. The molecule has 2 amide bonds. The van der Waals surface area contributed by atoms with E-state index in [4.69, 9.17) is 21.1 Å². The summed E-state index contributed by atoms with van der Waals surface area (Å²) in [6.45, 7) is 7.92. The molecule has 2 aromatic rings. The first-order chi connectivity index (χ1) is 16.8. The molecule has 10 heteroatoms. The van der Waals surface area contributed by atoms with Gasteiger partial charge >= 0.3 is 6.09 Å². The summed E-state index contributed by atoms with van der Waals surface area (Å²) in [7, 11) is -2.63. The number of nitrogens with zero attached hydrogens (tertiary/aromatic N) is 1. The van der Waals surface area contributed by atoms with E-state index in [0.29, 0.717) is 36.7 Å². The van der Waals surface area contributed by atoms with Crippen LogP contribution in [0.5, 0.6) is 5.75 Å². The van der Waals surface area contributed by atoms with Gasteiger partial charge in [0.2, 0.25) is 15.7 Å². The Bertz CT molecular complexity index is 1200. The molecule has 1 heterocycles. The summed E-state index contributed by atoms with van der Waals surface area (Å²) in [6, 6.07) is 11.1. The van der Waals surface area contributed by atoms with Crippen LogP contribution in [0.25, 0.3) is 0 Å². The van der Waals surface area contributed by atoms with Crippen molar-refractivity contribution >= 4 is 33.4 Å². The molecule has 1 aliphatic rings. The zero-order valence-electron chi connectivity index (χ0n) is 21.2. The number of sulfone groups is 1. The number of methoxy groups -OCH3 is 1. The van der Waals surface area contributed by atoms with E-state index in [-0.39, 0.29) is 10.5 Å². The molecule has 196 valence electrons. The average molecular weight is 537 g/mol. The van der Waals surface area contributed by atoms with Crippen molar-refractivity contribution in [2.45, 2.75) is 56.4 Å². The molecule has 0 aliphatic carbocycles. The number of halogens is 1. The Labute approximate surface area is 217 Å². The number of aryl methyl sites for hydroxylation is 1. The van der Waals surface area contributed by atoms with Crippen molar-refractivity contribution in [1.29, 1.82) is 0 Å². The molecule has 8 nitrogen and oxygen atoms in total. The molecule has 1 saturated heterocycles. The number of carbonyl (C=O) groups is 2. The normalized spacial score (nSPS) is 15.8. The van der Waals surface area contributed by atoms with Crippen LogP contribution in [0.15, 0.2) is 47.4 Å². The maximum Gasteiger partial charge on any atom is 0.410 e. The highest BCUT2D eigenvalue weighted by Gasteiger charge is 2.36. The van der Waals surface area contributed by atoms with Crippen LogP contribution >= 0.6 is 11.6 Å². The van der Waals surface area contributed by atoms with Gasteiger partial charge in [0, 0.05) is 29.6 Å². The van der Waals surface area contributed by atoms with Crippen molar-refractivity contribution in [2.24, 2.45) is 5.92 Å². The standard InChI is InChI=1S/C26H33ClN2O6S/c1-17-6-9-20(10-7-17)36(32,33)24(21-16-19(27)8-11-22(21)34-5)28-23(30)18-12-14-29(15-13-18)25(31)35-26(2,3)4/h6-11,16,18,24H,12-15H2,1-5H3,(H,28,30). The van der Waals surface area contributed by atoms with E-state index in [1.807, 2.05) is 6.92 Å². The van der Waals surface area contributed by atoms with Crippen LogP contribution < -0.4 is 10.1 Å². The van der Waals surface area contributed by atoms with Gasteiger partial charge in [-0.1, -0.05) is 29.3 Å². The largest absolute Gasteiger partial charge is 0.496 e. The van der Waals surface area contributed by atoms with Crippen molar-refractivity contribution < 1.29 is 27.5 Å². The van der Waals surface area contributed by atoms with E-state index in [1.54, 1.807) is 49.9 Å². The molecule has 1 atom stereocenters. The molecular weight excluding hydrogens is 504 g/mol. The summed E-state index contributed by atoms with van der Waals surface area (Å²) in [6.07, 6.45) is 0.342. The number of hydrogen-bond donors (Lipinski definition) is 1. The minimum atomic E-state index is -4.05. The van der Waals surface area contributed by atoms with E-state index in [1.165, 1.54) is 25.3 Å². The lowest BCUT2D eigenvalue weighted by atomic mass is 9.96. The quantitative estimate of drug-likeness (QED) is 0.564. The summed E-state index contributed by atoms with van der Waals surface area (Å²) in [5, 5.41) is 1.64. The Kier molecular flexibility index (Phi) is 8.56. The number of hydrogen-bond acceptors (Lipinski definition) is 6. The Balaban J connectivity index is 1.85. The van der Waals surface area contributed by atoms with E-state index >= 15 is 0 Å². The monoisotopic (exact) mass is 536 g/mol. The van der Waals surface area contributed by atoms with Crippen LogP contribution in [0, 0.1) is 12.8 Å². The lowest BCUT2D eigenvalue weighted by molar-refractivity contribution is -0.126. The molecule has 0 saturated carbocycles. The van der Waals surface area contributed by atoms with Gasteiger partial charge in [-0.05, 0) is 70.9 Å². The Morgan fingerprint density at radius 2 is 1.69 bits per heavy atom. The predicted molar refractivity (Wildman–Crippen MR) is 138 cm³/mol. The maximum absolute atomic E-state index is 13.7. The molecule has 2 aromatic carbocycles. The first-order valence-corrected chi connectivity index (χ1v) is 13.7. The highest BCUT2D eigenvalue weighted by atomic mass is 35.5. The van der Waals surface area contributed by atoms with Crippen LogP contribution in [-0.4, -0.2) is 51.1 Å². The molecule has 1 fully saturated rings. The molecule has 0 aromatic heterocycles. The molecule has 0 radical (unpaired) electrons. The van der Waals surface area contributed by atoms with Gasteiger partial charge in [-0.2, -0.15) is 0 Å². The summed E-state index contributed by atoms with van der Waals surface area (Å²) in [5.41, 5.74) is 0.538. The van der Waals surface area contributed by atoms with E-state index in [9.17, 15) is 18.0 Å². The van der Waals surface area contributed by atoms with Crippen LogP contribution in [0.1, 0.15) is 50.1 Å². The van der Waals surface area contributed by atoms with Crippen LogP contribution in [0.4, 0.5) is 4.79 Å². The maximum atomic E-state index is 13.7. The number of benzene rings is 2. The summed E-state index contributed by atoms with van der Waals surface area (Å²) in [4.78, 5) is 27.3. The van der Waals surface area contributed by atoms with Gasteiger partial charge in [0.25, 0.3) is 0 Å². The molecule has 1 N–H and O–H groups in total. The first-order valence-electron chi connectivity index (χ1n) is 11.7. The van der Waals surface area contributed by atoms with E-state index in [2.05, 4.69) is 5.32 Å². The second-order valence-electron chi connectivity index (χ2n) is 9.87. The molecule has 3 rings (SSSR count). The number of carbonyl (C=O) groups excluding carboxylic acids is 2. The first kappa shape index (κ1) is 27.8. The van der Waals surface area contributed by atoms with Crippen LogP contribution in [0.3, 0.4) is 0 Å². The van der Waals surface area contributed by atoms with Crippen molar-refractivity contribution in [2.75, 3.05) is 20.2 Å². The SMILES string of the molecule is COc1ccc(Cl)cc1C(NC(=O)C1CCN(C(=O)OC(C)(C)C)CC1)S(=O)(=O)c1ccc(C)cc1. The van der Waals surface area contributed by atoms with Gasteiger partial charge in [-0.3, -0.25) is 4.79 Å². The number of amides is 2. The number of nitrogens with one attached hydrogen (secondary N) is 1. The van der Waals surface area contributed by atoms with Gasteiger partial charge in [-0.25, -0.2) is 13.2 Å². The number of likely N-dealkylation sites (tertiary alicyclic amines) is 1. The minimum Gasteiger partial charge on any atom is -0.496 e. The highest BCUT2D eigenvalue weighted by Crippen LogP contribution is 2.35. The Morgan fingerprint density at radius 3 is 2.25 bits per heavy atom. The van der Waals surface area contributed by atoms with Crippen molar-refractivity contribution in [3.8, 4) is 5.75 Å². The lowest BCUT2D eigenvalue weighted by Crippen LogP contribution is -2.46. The third kappa shape index (κ3) is 6.70. The summed E-state index contributed by atoms with van der Waals surface area (Å²) in [5.74, 6) is -0.591. The van der Waals surface area contributed by atoms with Crippen LogP contribution in [0.2, 0.25) is 5.02 Å². The van der Waals surface area contributed by atoms with Gasteiger partial charge in [0.15, 0.2) is 5.37 Å². The zero-order chi connectivity index (χ0) is 26.7. The van der Waals surface area contributed by atoms with Gasteiger partial charge in [0.05, 0.1) is 12.0 Å². The third-order valence-corrected chi connectivity index (χ3v) is 8.08. The van der Waals surface area contributed by atoms with Crippen molar-refractivity contribution in [1.82, 2.24) is 10.2 Å². The predicted octanol–water partition coefficient (Wildman–Crippen LogP) is 4.89. The minimum absolute atomic E-state index is 0.0696. The number of rotatable bonds is 6. The fourth-order valence-corrected chi connectivity index (χ4v) is 5.75. The zero-order valence-corrected chi connectivity index (χ0v) is 22.8. The Morgan fingerprint density at radius 1 is 1.08 bits per heavy atom. The average Bonchev–Trinajstić information content (AvgIpc) is 2.81. The van der Waals surface area contributed by atoms with Gasteiger partial charge < -0.3 is 19.7 Å². The molecule has 1 aliphatic heterocycles. The Hall–Kier alpha value is -2.78. The topological polar surface area (TPSA) is 102 Å². The van der Waals surface area contributed by atoms with E-state index in [0.717, 1.165) is 5.56 Å². The summed E-state index contributed by atoms with van der Waals surface area (Å²) >= 11 is 6.20. The molecule has 0 spiro atoms. The lowest BCUT2D eigenvalue weighted by Gasteiger charge is -2.33. The molecule has 36 heavy (non-hydrogen) atoms. The molecule has 0 bridgehead atoms. The fraction of sp³-hybridized carbons (Fsp3) is 0.462. The number of piperidine rings is 1. The second kappa shape index (κ2) is 11.1. The second-order valence-corrected chi connectivity index (χ2v) is 12.3. The van der Waals surface area contributed by atoms with Gasteiger partial charge in [0.1, 0.15) is 11.4 Å². The summed E-state index contributed by atoms with van der Waals surface area (Å²) < 4.78 is 38.3. The molecule has 1 unspecified atom stereocenters. The third-order valence-electron chi connectivity index (χ3n) is 5.92. The number of ether oxygens (including phenoxy) is 2. The van der Waals surface area contributed by atoms with Crippen molar-refractivity contribution in [3.05, 3.63) is 58.6 Å². The van der Waals surface area contributed by atoms with Crippen LogP contribution in [-0.2, 0) is 19.4 Å². The van der Waals surface area contributed by atoms with Crippen molar-refractivity contribution in [3.63, 3.8) is 0 Å². The smallest absolute Gasteiger partial charge is 0.410 e. The van der Waals surface area contributed by atoms with Gasteiger partial charge in [-0.15, -0.1) is 0 Å².